The van der Waals surface area contributed by atoms with E-state index in [2.05, 4.69) is 5.32 Å². The van der Waals surface area contributed by atoms with Crippen molar-refractivity contribution in [3.63, 3.8) is 0 Å². The molecule has 1 N–H and O–H groups in total. The number of carbonyl (C=O) groups is 2. The maximum atomic E-state index is 13.5. The van der Waals surface area contributed by atoms with Gasteiger partial charge < -0.3 is 10.2 Å². The molecule has 192 valence electrons. The summed E-state index contributed by atoms with van der Waals surface area (Å²) in [7, 11) is -4.00. The second-order valence-electron chi connectivity index (χ2n) is 8.13. The van der Waals surface area contributed by atoms with Crippen molar-refractivity contribution in [2.75, 3.05) is 17.1 Å². The van der Waals surface area contributed by atoms with Gasteiger partial charge in [0.25, 0.3) is 0 Å². The van der Waals surface area contributed by atoms with Crippen molar-refractivity contribution in [1.29, 1.82) is 0 Å². The fourth-order valence-corrected chi connectivity index (χ4v) is 4.68. The highest BCUT2D eigenvalue weighted by Crippen LogP contribution is 2.35. The molecule has 2 rings (SSSR count). The van der Waals surface area contributed by atoms with Crippen molar-refractivity contribution >= 4 is 62.3 Å². The van der Waals surface area contributed by atoms with Crippen LogP contribution >= 0.6 is 34.8 Å². The second-order valence-corrected chi connectivity index (χ2v) is 11.3. The van der Waals surface area contributed by atoms with E-state index in [1.807, 2.05) is 13.8 Å². The molecule has 0 saturated heterocycles. The molecule has 0 saturated carbocycles. The van der Waals surface area contributed by atoms with Crippen molar-refractivity contribution in [3.05, 3.63) is 62.8 Å². The summed E-state index contributed by atoms with van der Waals surface area (Å²) in [4.78, 5) is 27.5. The number of nitrogens with zero attached hydrogens (tertiary/aromatic N) is 2. The van der Waals surface area contributed by atoms with Crippen LogP contribution in [0.5, 0.6) is 0 Å². The molecular weight excluding hydrogens is 540 g/mol. The van der Waals surface area contributed by atoms with Gasteiger partial charge in [0.2, 0.25) is 21.8 Å². The predicted molar refractivity (Wildman–Crippen MR) is 138 cm³/mol. The minimum Gasteiger partial charge on any atom is -0.352 e. The molecule has 35 heavy (non-hydrogen) atoms. The predicted octanol–water partition coefficient (Wildman–Crippen LogP) is 4.88. The van der Waals surface area contributed by atoms with Gasteiger partial charge in [-0.15, -0.1) is 0 Å². The van der Waals surface area contributed by atoms with E-state index in [-0.39, 0.29) is 33.3 Å². The van der Waals surface area contributed by atoms with E-state index in [9.17, 15) is 22.4 Å². The zero-order valence-corrected chi connectivity index (χ0v) is 22.8. The lowest BCUT2D eigenvalue weighted by Crippen LogP contribution is -2.52. The van der Waals surface area contributed by atoms with Crippen LogP contribution in [0.15, 0.2) is 36.4 Å². The lowest BCUT2D eigenvalue weighted by Gasteiger charge is -2.32. The molecule has 0 heterocycles. The Labute approximate surface area is 220 Å². The maximum absolute atomic E-state index is 13.5. The molecule has 0 aliphatic carbocycles. The number of anilines is 1. The Hall–Kier alpha value is -2.07. The summed E-state index contributed by atoms with van der Waals surface area (Å²) in [6, 6.07) is 6.90. The SMILES string of the molecule is CC[C@H](C)NC(=O)[C@@H](C)N(Cc1ccc(F)cc1)C(=O)CN(c1cc(Cl)c(Cl)cc1Cl)S(C)(=O)=O. The first-order valence-electron chi connectivity index (χ1n) is 10.7. The maximum Gasteiger partial charge on any atom is 0.244 e. The average molecular weight is 567 g/mol. The topological polar surface area (TPSA) is 86.8 Å². The third-order valence-corrected chi connectivity index (χ3v) is 7.52. The third-order valence-electron chi connectivity index (χ3n) is 5.37. The van der Waals surface area contributed by atoms with Crippen LogP contribution in [0.3, 0.4) is 0 Å². The Kier molecular flexibility index (Phi) is 10.2. The van der Waals surface area contributed by atoms with Crippen molar-refractivity contribution in [3.8, 4) is 0 Å². The van der Waals surface area contributed by atoms with Gasteiger partial charge in [0.1, 0.15) is 18.4 Å². The Balaban J connectivity index is 2.45. The summed E-state index contributed by atoms with van der Waals surface area (Å²) in [6.07, 6.45) is 1.60. The molecule has 2 aromatic rings. The molecule has 0 spiro atoms. The first kappa shape index (κ1) is 29.2. The van der Waals surface area contributed by atoms with Gasteiger partial charge in [-0.1, -0.05) is 53.9 Å². The van der Waals surface area contributed by atoms with E-state index in [0.29, 0.717) is 12.0 Å². The summed E-state index contributed by atoms with van der Waals surface area (Å²) in [6.45, 7) is 4.56. The van der Waals surface area contributed by atoms with Gasteiger partial charge in [0.15, 0.2) is 0 Å². The first-order chi connectivity index (χ1) is 16.2. The highest BCUT2D eigenvalue weighted by molar-refractivity contribution is 7.92. The van der Waals surface area contributed by atoms with Gasteiger partial charge >= 0.3 is 0 Å². The fraction of sp³-hybridized carbons (Fsp3) is 0.391. The van der Waals surface area contributed by atoms with Gasteiger partial charge in [0, 0.05) is 12.6 Å². The number of benzene rings is 2. The number of hydrogen-bond acceptors (Lipinski definition) is 4. The summed E-state index contributed by atoms with van der Waals surface area (Å²) in [5, 5.41) is 2.97. The molecule has 2 amide bonds. The molecule has 0 aliphatic heterocycles. The Morgan fingerprint density at radius 1 is 1.03 bits per heavy atom. The Morgan fingerprint density at radius 3 is 2.14 bits per heavy atom. The fourth-order valence-electron chi connectivity index (χ4n) is 3.13. The standard InChI is InChI=1S/C23H27Cl3FN3O4S/c1-5-14(2)28-23(32)15(3)29(12-16-6-8-17(27)9-7-16)22(31)13-30(35(4,33)34)21-11-19(25)18(24)10-20(21)26/h6-11,14-15H,5,12-13H2,1-4H3,(H,28,32)/t14-,15+/m0/s1. The zero-order chi connectivity index (χ0) is 26.5. The van der Waals surface area contributed by atoms with Crippen molar-refractivity contribution < 1.29 is 22.4 Å². The Bertz CT molecular complexity index is 1180. The highest BCUT2D eigenvalue weighted by atomic mass is 35.5. The van der Waals surface area contributed by atoms with E-state index < -0.39 is 40.2 Å². The molecule has 0 unspecified atom stereocenters. The summed E-state index contributed by atoms with van der Waals surface area (Å²) in [5.74, 6) is -1.53. The number of sulfonamides is 1. The van der Waals surface area contributed by atoms with Gasteiger partial charge in [0.05, 0.1) is 27.0 Å². The molecule has 0 bridgehead atoms. The number of nitrogens with one attached hydrogen (secondary N) is 1. The highest BCUT2D eigenvalue weighted by Gasteiger charge is 2.31. The normalized spacial score (nSPS) is 13.1. The largest absolute Gasteiger partial charge is 0.352 e. The quantitative estimate of drug-likeness (QED) is 0.415. The van der Waals surface area contributed by atoms with Crippen molar-refractivity contribution in [2.45, 2.75) is 45.8 Å². The van der Waals surface area contributed by atoms with Gasteiger partial charge in [-0.25, -0.2) is 12.8 Å². The second kappa shape index (κ2) is 12.3. The van der Waals surface area contributed by atoms with E-state index in [4.69, 9.17) is 34.8 Å². The number of amides is 2. The third kappa shape index (κ3) is 7.96. The van der Waals surface area contributed by atoms with Crippen LogP contribution < -0.4 is 9.62 Å². The first-order valence-corrected chi connectivity index (χ1v) is 13.7. The van der Waals surface area contributed by atoms with Gasteiger partial charge in [-0.3, -0.25) is 13.9 Å². The summed E-state index contributed by atoms with van der Waals surface area (Å²) >= 11 is 18.2. The molecule has 2 aromatic carbocycles. The molecule has 0 aliphatic rings. The van der Waals surface area contributed by atoms with Crippen LogP contribution in [0.2, 0.25) is 15.1 Å². The van der Waals surface area contributed by atoms with Gasteiger partial charge in [-0.2, -0.15) is 0 Å². The van der Waals surface area contributed by atoms with Crippen molar-refractivity contribution in [1.82, 2.24) is 10.2 Å². The molecule has 0 radical (unpaired) electrons. The van der Waals surface area contributed by atoms with Crippen molar-refractivity contribution in [2.24, 2.45) is 0 Å². The molecule has 0 fully saturated rings. The van der Waals surface area contributed by atoms with Crippen LogP contribution in [-0.4, -0.2) is 50.0 Å². The minimum absolute atomic E-state index is 0.0229. The van der Waals surface area contributed by atoms with E-state index in [1.165, 1.54) is 48.2 Å². The summed E-state index contributed by atoms with van der Waals surface area (Å²) in [5.41, 5.74) is 0.525. The van der Waals surface area contributed by atoms with E-state index in [1.54, 1.807) is 0 Å². The van der Waals surface area contributed by atoms with E-state index in [0.717, 1.165) is 10.6 Å². The molecular formula is C23H27Cl3FN3O4S. The lowest BCUT2D eigenvalue weighted by molar-refractivity contribution is -0.139. The average Bonchev–Trinajstić information content (AvgIpc) is 2.78. The minimum atomic E-state index is -4.00. The van der Waals surface area contributed by atoms with Crippen LogP contribution in [0.25, 0.3) is 0 Å². The van der Waals surface area contributed by atoms with Crippen LogP contribution in [-0.2, 0) is 26.2 Å². The Morgan fingerprint density at radius 2 is 1.60 bits per heavy atom. The molecule has 2 atom stereocenters. The van der Waals surface area contributed by atoms with E-state index >= 15 is 0 Å². The monoisotopic (exact) mass is 565 g/mol. The smallest absolute Gasteiger partial charge is 0.244 e. The van der Waals surface area contributed by atoms with Gasteiger partial charge in [-0.05, 0) is 50.1 Å². The van der Waals surface area contributed by atoms with Crippen LogP contribution in [0.1, 0.15) is 32.8 Å². The summed E-state index contributed by atoms with van der Waals surface area (Å²) < 4.78 is 39.4. The number of halogens is 4. The molecule has 12 heteroatoms. The number of hydrogen-bond donors (Lipinski definition) is 1. The lowest BCUT2D eigenvalue weighted by atomic mass is 10.1. The molecule has 7 nitrogen and oxygen atoms in total. The zero-order valence-electron chi connectivity index (χ0n) is 19.7. The van der Waals surface area contributed by atoms with Crippen LogP contribution in [0, 0.1) is 5.82 Å². The number of rotatable bonds is 10. The van der Waals surface area contributed by atoms with Crippen LogP contribution in [0.4, 0.5) is 10.1 Å². The number of carbonyl (C=O) groups excluding carboxylic acids is 2. The molecule has 0 aromatic heterocycles.